The van der Waals surface area contributed by atoms with Crippen molar-refractivity contribution in [3.05, 3.63) is 51.7 Å². The molecule has 1 heterocycles. The van der Waals surface area contributed by atoms with Crippen LogP contribution in [0.5, 0.6) is 5.75 Å². The van der Waals surface area contributed by atoms with Gasteiger partial charge in [-0.05, 0) is 38.0 Å². The highest BCUT2D eigenvalue weighted by Gasteiger charge is 2.35. The number of benzene rings is 1. The van der Waals surface area contributed by atoms with E-state index in [1.165, 1.54) is 0 Å². The predicted molar refractivity (Wildman–Crippen MR) is 116 cm³/mol. The summed E-state index contributed by atoms with van der Waals surface area (Å²) in [6.45, 7) is 6.44. The van der Waals surface area contributed by atoms with Gasteiger partial charge >= 0.3 is 5.97 Å². The number of nitrogens with two attached hydrogens (primary N) is 1. The molecule has 1 aromatic carbocycles. The van der Waals surface area contributed by atoms with Crippen molar-refractivity contribution < 1.29 is 19.1 Å². The molecule has 0 radical (unpaired) electrons. The minimum atomic E-state index is -0.615. The van der Waals surface area contributed by atoms with Gasteiger partial charge in [-0.2, -0.15) is 5.26 Å². The highest BCUT2D eigenvalue weighted by molar-refractivity contribution is 8.03. The number of esters is 1. The summed E-state index contributed by atoms with van der Waals surface area (Å²) in [6.07, 6.45) is 2.01. The first-order valence-corrected chi connectivity index (χ1v) is 10.8. The van der Waals surface area contributed by atoms with Crippen molar-refractivity contribution in [1.82, 2.24) is 5.32 Å². The Bertz CT molecular complexity index is 885. The Morgan fingerprint density at radius 1 is 1.27 bits per heavy atom. The second kappa shape index (κ2) is 11.3. The highest BCUT2D eigenvalue weighted by atomic mass is 32.2. The fourth-order valence-corrected chi connectivity index (χ4v) is 3.90. The van der Waals surface area contributed by atoms with Crippen molar-refractivity contribution in [3.63, 3.8) is 0 Å². The molecule has 0 spiro atoms. The quantitative estimate of drug-likeness (QED) is 0.433. The van der Waals surface area contributed by atoms with Crippen molar-refractivity contribution in [1.29, 1.82) is 5.26 Å². The first-order valence-electron chi connectivity index (χ1n) is 9.85. The molecular formula is C22H27N3O4S. The number of dihydropyridines is 1. The van der Waals surface area contributed by atoms with Gasteiger partial charge in [-0.25, -0.2) is 4.79 Å². The fourth-order valence-electron chi connectivity index (χ4n) is 3.07. The first kappa shape index (κ1) is 23.4. The zero-order valence-electron chi connectivity index (χ0n) is 17.5. The van der Waals surface area contributed by atoms with E-state index in [0.717, 1.165) is 35.9 Å². The molecule has 30 heavy (non-hydrogen) atoms. The molecule has 160 valence electrons. The van der Waals surface area contributed by atoms with Crippen LogP contribution in [0.2, 0.25) is 0 Å². The number of carbonyl (C=O) groups is 2. The summed E-state index contributed by atoms with van der Waals surface area (Å²) in [7, 11) is 0. The Morgan fingerprint density at radius 3 is 2.53 bits per heavy atom. The summed E-state index contributed by atoms with van der Waals surface area (Å²) in [4.78, 5) is 24.0. The van der Waals surface area contributed by atoms with Gasteiger partial charge < -0.3 is 20.5 Å². The van der Waals surface area contributed by atoms with Gasteiger partial charge in [-0.1, -0.05) is 37.2 Å². The summed E-state index contributed by atoms with van der Waals surface area (Å²) in [5.74, 6) is -0.843. The molecule has 0 aromatic heterocycles. The molecular weight excluding hydrogens is 402 g/mol. The Hall–Kier alpha value is -2.92. The summed E-state index contributed by atoms with van der Waals surface area (Å²) < 4.78 is 11.0. The normalized spacial score (nSPS) is 16.0. The summed E-state index contributed by atoms with van der Waals surface area (Å²) >= 11 is 1.14. The second-order valence-electron chi connectivity index (χ2n) is 6.70. The van der Waals surface area contributed by atoms with E-state index in [1.54, 1.807) is 13.8 Å². The minimum absolute atomic E-state index is 0.0203. The van der Waals surface area contributed by atoms with Crippen LogP contribution in [-0.2, 0) is 14.3 Å². The molecule has 1 aliphatic heterocycles. The number of hydrogen-bond acceptors (Lipinski definition) is 7. The predicted octanol–water partition coefficient (Wildman–Crippen LogP) is 3.34. The Balaban J connectivity index is 2.45. The molecule has 0 bridgehead atoms. The van der Waals surface area contributed by atoms with E-state index >= 15 is 0 Å². The number of amides is 1. The van der Waals surface area contributed by atoms with E-state index < -0.39 is 17.8 Å². The highest BCUT2D eigenvalue weighted by Crippen LogP contribution is 2.41. The molecule has 1 aromatic rings. The molecule has 1 atom stereocenters. The van der Waals surface area contributed by atoms with E-state index in [4.69, 9.17) is 15.2 Å². The van der Waals surface area contributed by atoms with Crippen molar-refractivity contribution in [2.75, 3.05) is 19.0 Å². The van der Waals surface area contributed by atoms with Crippen LogP contribution in [-0.4, -0.2) is 30.8 Å². The average Bonchev–Trinajstić information content (AvgIpc) is 2.72. The third-order valence-electron chi connectivity index (χ3n) is 4.48. The van der Waals surface area contributed by atoms with E-state index in [0.29, 0.717) is 28.5 Å². The Labute approximate surface area is 181 Å². The zero-order chi connectivity index (χ0) is 22.1. The second-order valence-corrected chi connectivity index (χ2v) is 7.68. The van der Waals surface area contributed by atoms with Crippen LogP contribution in [0.25, 0.3) is 0 Å². The van der Waals surface area contributed by atoms with Gasteiger partial charge in [0.05, 0.1) is 47.1 Å². The van der Waals surface area contributed by atoms with Crippen LogP contribution in [0.15, 0.2) is 46.1 Å². The van der Waals surface area contributed by atoms with Crippen LogP contribution in [0.4, 0.5) is 0 Å². The lowest BCUT2D eigenvalue weighted by atomic mass is 9.82. The number of nitriles is 1. The molecule has 1 aliphatic rings. The maximum Gasteiger partial charge on any atom is 0.336 e. The van der Waals surface area contributed by atoms with Gasteiger partial charge in [0.2, 0.25) is 5.91 Å². The molecule has 8 heteroatoms. The number of nitrogens with zero attached hydrogens (tertiary/aromatic N) is 1. The zero-order valence-corrected chi connectivity index (χ0v) is 18.3. The first-order chi connectivity index (χ1) is 14.4. The van der Waals surface area contributed by atoms with E-state index in [-0.39, 0.29) is 12.4 Å². The van der Waals surface area contributed by atoms with Crippen molar-refractivity contribution in [2.45, 2.75) is 39.5 Å². The van der Waals surface area contributed by atoms with Gasteiger partial charge in [0, 0.05) is 5.70 Å². The third-order valence-corrected chi connectivity index (χ3v) is 5.52. The van der Waals surface area contributed by atoms with Crippen molar-refractivity contribution >= 4 is 23.6 Å². The topological polar surface area (TPSA) is 114 Å². The minimum Gasteiger partial charge on any atom is -0.494 e. The van der Waals surface area contributed by atoms with Gasteiger partial charge in [-0.15, -0.1) is 0 Å². The summed E-state index contributed by atoms with van der Waals surface area (Å²) in [6, 6.07) is 9.55. The lowest BCUT2D eigenvalue weighted by Gasteiger charge is -2.29. The molecule has 0 aliphatic carbocycles. The standard InChI is InChI=1S/C22H27N3O4S/c1-4-6-11-29-16-9-7-15(8-10-16)20-17(12-23)21(30-13-18(24)26)25-14(3)19(20)22(27)28-5-2/h7-10,20,25H,4-6,11,13H2,1-3H3,(H2,24,26). The monoisotopic (exact) mass is 429 g/mol. The van der Waals surface area contributed by atoms with Crippen LogP contribution in [0, 0.1) is 11.3 Å². The van der Waals surface area contributed by atoms with Crippen molar-refractivity contribution in [2.24, 2.45) is 5.73 Å². The number of primary amides is 1. The third kappa shape index (κ3) is 5.80. The molecule has 3 N–H and O–H groups in total. The Kier molecular flexibility index (Phi) is 8.81. The number of hydrogen-bond donors (Lipinski definition) is 2. The summed E-state index contributed by atoms with van der Waals surface area (Å²) in [5.41, 5.74) is 7.32. The molecule has 7 nitrogen and oxygen atoms in total. The number of thioether (sulfide) groups is 1. The number of carbonyl (C=O) groups excluding carboxylic acids is 2. The maximum atomic E-state index is 12.7. The van der Waals surface area contributed by atoms with Gasteiger partial charge in [0.1, 0.15) is 5.75 Å². The van der Waals surface area contributed by atoms with Gasteiger partial charge in [0.15, 0.2) is 0 Å². The molecule has 1 amide bonds. The largest absolute Gasteiger partial charge is 0.494 e. The molecule has 0 fully saturated rings. The van der Waals surface area contributed by atoms with Crippen LogP contribution in [0.3, 0.4) is 0 Å². The summed E-state index contributed by atoms with van der Waals surface area (Å²) in [5, 5.41) is 13.5. The van der Waals surface area contributed by atoms with Crippen LogP contribution >= 0.6 is 11.8 Å². The number of unbranched alkanes of at least 4 members (excludes halogenated alkanes) is 1. The maximum absolute atomic E-state index is 12.7. The van der Waals surface area contributed by atoms with E-state index in [2.05, 4.69) is 18.3 Å². The average molecular weight is 430 g/mol. The number of ether oxygens (including phenoxy) is 2. The number of rotatable bonds is 10. The Morgan fingerprint density at radius 2 is 1.97 bits per heavy atom. The van der Waals surface area contributed by atoms with Crippen LogP contribution < -0.4 is 15.8 Å². The van der Waals surface area contributed by atoms with Gasteiger partial charge in [-0.3, -0.25) is 4.79 Å². The lowest BCUT2D eigenvalue weighted by molar-refractivity contribution is -0.138. The van der Waals surface area contributed by atoms with Crippen LogP contribution in [0.1, 0.15) is 45.1 Å². The number of nitrogens with one attached hydrogen (secondary N) is 1. The molecule has 0 saturated carbocycles. The smallest absolute Gasteiger partial charge is 0.336 e. The fraction of sp³-hybridized carbons (Fsp3) is 0.409. The van der Waals surface area contributed by atoms with Gasteiger partial charge in [0.25, 0.3) is 0 Å². The molecule has 1 unspecified atom stereocenters. The van der Waals surface area contributed by atoms with E-state index in [9.17, 15) is 14.9 Å². The lowest BCUT2D eigenvalue weighted by Crippen LogP contribution is -2.29. The molecule has 2 rings (SSSR count). The number of allylic oxidation sites excluding steroid dienone is 2. The van der Waals surface area contributed by atoms with E-state index in [1.807, 2.05) is 24.3 Å². The van der Waals surface area contributed by atoms with Crippen molar-refractivity contribution in [3.8, 4) is 11.8 Å². The molecule has 0 saturated heterocycles. The SMILES string of the molecule is CCCCOc1ccc(C2C(C#N)=C(SCC(N)=O)NC(C)=C2C(=O)OCC)cc1.